The van der Waals surface area contributed by atoms with Gasteiger partial charge in [-0.3, -0.25) is 0 Å². The van der Waals surface area contributed by atoms with Crippen molar-refractivity contribution < 1.29 is 0 Å². The average molecular weight is 467 g/mol. The topological polar surface area (TPSA) is 0 Å². The normalized spacial score (nSPS) is 24.1. The van der Waals surface area contributed by atoms with E-state index in [4.69, 9.17) is 0 Å². The molecule has 3 heteroatoms. The van der Waals surface area contributed by atoms with Gasteiger partial charge in [-0.2, -0.15) is 0 Å². The predicted octanol–water partition coefficient (Wildman–Crippen LogP) is 10.2. The standard InChI is InChI=1S/C28H34S3/c1-5-9-23-17(2)14-25(29-23)27-19(4)16-26(31-27)28-18(3)15-24(30-28)22-13-8-11-20-10-6-7-12-21(20)22/h5,9,14-16,20-22H,6-8,10-13H2,1-4H3/b9-5+. The van der Waals surface area contributed by atoms with Crippen LogP contribution in [0, 0.1) is 32.6 Å². The quantitative estimate of drug-likeness (QED) is 0.359. The van der Waals surface area contributed by atoms with Gasteiger partial charge in [0.2, 0.25) is 0 Å². The molecule has 0 nitrogen and oxygen atoms in total. The van der Waals surface area contributed by atoms with Crippen LogP contribution >= 0.6 is 34.0 Å². The van der Waals surface area contributed by atoms with Gasteiger partial charge < -0.3 is 0 Å². The van der Waals surface area contributed by atoms with Crippen molar-refractivity contribution >= 4 is 40.1 Å². The summed E-state index contributed by atoms with van der Waals surface area (Å²) >= 11 is 6.04. The molecule has 2 aliphatic rings. The minimum absolute atomic E-state index is 0.820. The van der Waals surface area contributed by atoms with Crippen molar-refractivity contribution in [2.75, 3.05) is 0 Å². The van der Waals surface area contributed by atoms with Crippen LogP contribution in [-0.4, -0.2) is 0 Å². The van der Waals surface area contributed by atoms with Crippen molar-refractivity contribution in [1.29, 1.82) is 0 Å². The summed E-state index contributed by atoms with van der Waals surface area (Å²) < 4.78 is 0. The molecule has 2 fully saturated rings. The molecule has 3 aromatic rings. The third-order valence-electron chi connectivity index (χ3n) is 7.52. The maximum atomic E-state index is 2.55. The number of thiophene rings is 3. The second-order valence-corrected chi connectivity index (χ2v) is 12.9. The largest absolute Gasteiger partial charge is 0.139 e. The van der Waals surface area contributed by atoms with Crippen LogP contribution in [0.1, 0.15) is 84.2 Å². The van der Waals surface area contributed by atoms with Gasteiger partial charge in [-0.15, -0.1) is 34.0 Å². The third kappa shape index (κ3) is 4.14. The van der Waals surface area contributed by atoms with E-state index in [1.165, 1.54) is 86.0 Å². The first-order valence-corrected chi connectivity index (χ1v) is 14.4. The Morgan fingerprint density at radius 3 is 2.26 bits per heavy atom. The summed E-state index contributed by atoms with van der Waals surface area (Å²) in [4.78, 5) is 8.94. The molecule has 0 amide bonds. The van der Waals surface area contributed by atoms with E-state index in [1.54, 1.807) is 4.88 Å². The first-order chi connectivity index (χ1) is 15.0. The van der Waals surface area contributed by atoms with Gasteiger partial charge in [0.05, 0.1) is 0 Å². The van der Waals surface area contributed by atoms with Gasteiger partial charge in [-0.05, 0) is 99.3 Å². The minimum atomic E-state index is 0.820. The van der Waals surface area contributed by atoms with Crippen molar-refractivity contribution in [3.05, 3.63) is 50.7 Å². The number of rotatable bonds is 4. The molecule has 164 valence electrons. The molecule has 2 aliphatic carbocycles. The highest BCUT2D eigenvalue weighted by molar-refractivity contribution is 7.27. The number of hydrogen-bond donors (Lipinski definition) is 0. The third-order valence-corrected chi connectivity index (χ3v) is 11.7. The summed E-state index contributed by atoms with van der Waals surface area (Å²) in [7, 11) is 0. The van der Waals surface area contributed by atoms with Crippen LogP contribution in [0.5, 0.6) is 0 Å². The average Bonchev–Trinajstić information content (AvgIpc) is 3.45. The Morgan fingerprint density at radius 1 is 0.742 bits per heavy atom. The van der Waals surface area contributed by atoms with Crippen LogP contribution < -0.4 is 0 Å². The fraction of sp³-hybridized carbons (Fsp3) is 0.500. The van der Waals surface area contributed by atoms with Crippen LogP contribution in [0.2, 0.25) is 0 Å². The minimum Gasteiger partial charge on any atom is -0.139 e. The molecule has 5 rings (SSSR count). The fourth-order valence-electron chi connectivity index (χ4n) is 5.99. The molecular weight excluding hydrogens is 433 g/mol. The summed E-state index contributed by atoms with van der Waals surface area (Å²) in [5.74, 6) is 2.77. The van der Waals surface area contributed by atoms with Gasteiger partial charge in [0.1, 0.15) is 0 Å². The summed E-state index contributed by atoms with van der Waals surface area (Å²) in [5.41, 5.74) is 4.30. The van der Waals surface area contributed by atoms with Crippen LogP contribution in [0.25, 0.3) is 25.6 Å². The van der Waals surface area contributed by atoms with Crippen LogP contribution in [0.4, 0.5) is 0 Å². The lowest BCUT2D eigenvalue weighted by molar-refractivity contribution is 0.146. The Morgan fingerprint density at radius 2 is 1.42 bits per heavy atom. The maximum absolute atomic E-state index is 2.55. The van der Waals surface area contributed by atoms with E-state index in [1.807, 2.05) is 22.7 Å². The lowest BCUT2D eigenvalue weighted by Gasteiger charge is -2.41. The molecule has 0 aliphatic heterocycles. The second-order valence-electron chi connectivity index (χ2n) is 9.69. The highest BCUT2D eigenvalue weighted by Crippen LogP contribution is 2.52. The monoisotopic (exact) mass is 466 g/mol. The zero-order valence-corrected chi connectivity index (χ0v) is 21.7. The van der Waals surface area contributed by atoms with Crippen LogP contribution in [-0.2, 0) is 0 Å². The molecule has 3 aromatic heterocycles. The maximum Gasteiger partial charge on any atom is 0.0479 e. The highest BCUT2D eigenvalue weighted by Gasteiger charge is 2.36. The Bertz CT molecular complexity index is 1090. The van der Waals surface area contributed by atoms with Crippen molar-refractivity contribution in [2.24, 2.45) is 11.8 Å². The van der Waals surface area contributed by atoms with Crippen molar-refractivity contribution in [1.82, 2.24) is 0 Å². The van der Waals surface area contributed by atoms with Gasteiger partial charge in [0.25, 0.3) is 0 Å². The van der Waals surface area contributed by atoms with Gasteiger partial charge >= 0.3 is 0 Å². The fourth-order valence-corrected chi connectivity index (χ4v) is 10.0. The number of allylic oxidation sites excluding steroid dienone is 1. The first kappa shape index (κ1) is 21.7. The number of aryl methyl sites for hydroxylation is 3. The molecule has 3 unspecified atom stereocenters. The van der Waals surface area contributed by atoms with Crippen LogP contribution in [0.3, 0.4) is 0 Å². The molecule has 0 spiro atoms. The zero-order chi connectivity index (χ0) is 21.5. The van der Waals surface area contributed by atoms with Gasteiger partial charge in [-0.25, -0.2) is 0 Å². The molecule has 0 N–H and O–H groups in total. The molecule has 31 heavy (non-hydrogen) atoms. The van der Waals surface area contributed by atoms with Gasteiger partial charge in [0.15, 0.2) is 0 Å². The van der Waals surface area contributed by atoms with E-state index in [2.05, 4.69) is 69.4 Å². The Hall–Kier alpha value is -1.16. The van der Waals surface area contributed by atoms with Gasteiger partial charge in [0, 0.05) is 29.3 Å². The summed E-state index contributed by atoms with van der Waals surface area (Å²) in [6.07, 6.45) is 14.6. The highest BCUT2D eigenvalue weighted by atomic mass is 32.1. The van der Waals surface area contributed by atoms with E-state index in [-0.39, 0.29) is 0 Å². The number of hydrogen-bond acceptors (Lipinski definition) is 3. The molecule has 0 radical (unpaired) electrons. The molecule has 0 bridgehead atoms. The van der Waals surface area contributed by atoms with Crippen LogP contribution in [0.15, 0.2) is 24.3 Å². The van der Waals surface area contributed by atoms with E-state index >= 15 is 0 Å². The molecule has 0 aromatic carbocycles. The summed E-state index contributed by atoms with van der Waals surface area (Å²) in [6.45, 7) is 8.96. The smallest absolute Gasteiger partial charge is 0.0479 e. The lowest BCUT2D eigenvalue weighted by Crippen LogP contribution is -2.29. The van der Waals surface area contributed by atoms with Crippen molar-refractivity contribution in [3.8, 4) is 19.5 Å². The summed E-state index contributed by atoms with van der Waals surface area (Å²) in [6, 6.07) is 7.37. The second kappa shape index (κ2) is 9.00. The molecule has 2 saturated carbocycles. The SMILES string of the molecule is C/C=C/c1sc(-c2sc(-c3sc(C4CCCC5CCCCC54)cc3C)cc2C)cc1C. The van der Waals surface area contributed by atoms with E-state index in [9.17, 15) is 0 Å². The van der Waals surface area contributed by atoms with Crippen molar-refractivity contribution in [3.63, 3.8) is 0 Å². The Kier molecular flexibility index (Phi) is 6.29. The molecule has 0 saturated heterocycles. The first-order valence-electron chi connectivity index (χ1n) is 12.0. The number of fused-ring (bicyclic) bond motifs is 1. The zero-order valence-electron chi connectivity index (χ0n) is 19.3. The molecule has 3 atom stereocenters. The van der Waals surface area contributed by atoms with E-state index in [0.717, 1.165) is 17.8 Å². The Labute approximate surface area is 200 Å². The van der Waals surface area contributed by atoms with Gasteiger partial charge in [-0.1, -0.05) is 38.2 Å². The molecular formula is C28H34S3. The Balaban J connectivity index is 1.46. The predicted molar refractivity (Wildman–Crippen MR) is 142 cm³/mol. The lowest BCUT2D eigenvalue weighted by atomic mass is 9.65. The van der Waals surface area contributed by atoms with E-state index in [0.29, 0.717) is 0 Å². The summed E-state index contributed by atoms with van der Waals surface area (Å²) in [5, 5.41) is 0. The van der Waals surface area contributed by atoms with E-state index < -0.39 is 0 Å². The molecule has 3 heterocycles. The van der Waals surface area contributed by atoms with Crippen molar-refractivity contribution in [2.45, 2.75) is 78.6 Å².